The summed E-state index contributed by atoms with van der Waals surface area (Å²) in [5, 5.41) is 27.5. The number of nitrogens with two attached hydrogens (primary N) is 1. The van der Waals surface area contributed by atoms with Gasteiger partial charge in [-0.05, 0) is 44.2 Å². The Morgan fingerprint density at radius 3 is 2.34 bits per heavy atom. The summed E-state index contributed by atoms with van der Waals surface area (Å²) in [6.07, 6.45) is 0. The molecule has 2 rings (SSSR count). The number of aliphatic hydroxyl groups is 1. The lowest BCUT2D eigenvalue weighted by atomic mass is 9.90. The minimum Gasteiger partial charge on any atom is -0.450 e. The van der Waals surface area contributed by atoms with Crippen LogP contribution in [0.1, 0.15) is 81.4 Å². The summed E-state index contributed by atoms with van der Waals surface area (Å²) in [6, 6.07) is 3.47. The number of hydrogen-bond acceptors (Lipinski definition) is 5. The van der Waals surface area contributed by atoms with Crippen LogP contribution in [0.5, 0.6) is 0 Å². The first-order chi connectivity index (χ1) is 14.6. The molecule has 0 saturated carbocycles. The van der Waals surface area contributed by atoms with Crippen LogP contribution >= 0.6 is 0 Å². The molecule has 1 atom stereocenters. The van der Waals surface area contributed by atoms with E-state index in [0.29, 0.717) is 16.9 Å². The molecular weight excluding hydrogens is 435 g/mol. The predicted octanol–water partition coefficient (Wildman–Crippen LogP) is 5.01. The highest BCUT2D eigenvalue weighted by Crippen LogP contribution is 2.36. The molecule has 1 heterocycles. The Bertz CT molecular complexity index is 1210. The fourth-order valence-electron chi connectivity index (χ4n) is 3.42. The first-order valence-corrected chi connectivity index (χ1v) is 11.6. The number of furan rings is 1. The van der Waals surface area contributed by atoms with Gasteiger partial charge in [-0.1, -0.05) is 27.7 Å². The molecule has 0 fully saturated rings. The van der Waals surface area contributed by atoms with Gasteiger partial charge in [-0.3, -0.25) is 0 Å². The number of hydrogen-bond donors (Lipinski definition) is 3. The summed E-state index contributed by atoms with van der Waals surface area (Å²) in [7, 11) is -3.79. The highest BCUT2D eigenvalue weighted by Gasteiger charge is 2.27. The van der Waals surface area contributed by atoms with Crippen LogP contribution in [0.3, 0.4) is 0 Å². The maximum absolute atomic E-state index is 14.9. The third-order valence-corrected chi connectivity index (χ3v) is 6.16. The SMILES string of the molecule is Cc1oc(S(N)(=O)=NC(=O)Nc2c(C(C)C)cc(C#N)c(F)c2C(C)C)cc1C(C)(C)O. The van der Waals surface area contributed by atoms with Crippen molar-refractivity contribution in [1.82, 2.24) is 0 Å². The second-order valence-electron chi connectivity index (χ2n) is 8.72. The third-order valence-electron chi connectivity index (χ3n) is 4.94. The van der Waals surface area contributed by atoms with Crippen LogP contribution in [0.2, 0.25) is 0 Å². The molecule has 1 unspecified atom stereocenters. The number of carbonyl (C=O) groups is 1. The Hall–Kier alpha value is -2.74. The number of anilines is 1. The molecule has 8 nitrogen and oxygen atoms in total. The van der Waals surface area contributed by atoms with Crippen LogP contribution < -0.4 is 10.5 Å². The Morgan fingerprint density at radius 1 is 1.31 bits per heavy atom. The maximum Gasteiger partial charge on any atom is 0.354 e. The summed E-state index contributed by atoms with van der Waals surface area (Å²) in [6.45, 7) is 11.7. The smallest absolute Gasteiger partial charge is 0.354 e. The second-order valence-corrected chi connectivity index (χ2v) is 10.4. The van der Waals surface area contributed by atoms with Gasteiger partial charge in [0.05, 0.1) is 16.9 Å². The van der Waals surface area contributed by atoms with E-state index in [9.17, 15) is 23.8 Å². The van der Waals surface area contributed by atoms with Crippen molar-refractivity contribution in [2.45, 2.75) is 71.0 Å². The van der Waals surface area contributed by atoms with Gasteiger partial charge in [0.2, 0.25) is 5.09 Å². The molecule has 0 spiro atoms. The molecule has 2 aromatic rings. The quantitative estimate of drug-likeness (QED) is 0.570. The highest BCUT2D eigenvalue weighted by molar-refractivity contribution is 7.91. The first kappa shape index (κ1) is 25.5. The molecular formula is C22H29FN4O4S. The van der Waals surface area contributed by atoms with Crippen LogP contribution in [-0.2, 0) is 15.5 Å². The molecule has 2 amide bonds. The van der Waals surface area contributed by atoms with Gasteiger partial charge in [-0.25, -0.2) is 18.5 Å². The largest absolute Gasteiger partial charge is 0.450 e. The van der Waals surface area contributed by atoms with Gasteiger partial charge < -0.3 is 14.8 Å². The van der Waals surface area contributed by atoms with E-state index in [2.05, 4.69) is 9.68 Å². The second kappa shape index (κ2) is 9.02. The van der Waals surface area contributed by atoms with E-state index in [-0.39, 0.29) is 33.7 Å². The molecule has 0 aliphatic carbocycles. The standard InChI is InChI=1S/C22H29FN4O4S/c1-11(2)15-8-14(10-24)19(23)18(12(3)4)20(15)26-21(28)27-32(25,30)17-9-16(13(5)31-17)22(6,7)29/h8-9,11-12,29H,1-7H3,(H3,25,26,27,28,30). The summed E-state index contributed by atoms with van der Waals surface area (Å²) >= 11 is 0. The zero-order chi connectivity index (χ0) is 24.6. The molecule has 0 bridgehead atoms. The molecule has 0 aliphatic heterocycles. The van der Waals surface area contributed by atoms with Gasteiger partial charge in [0, 0.05) is 17.2 Å². The molecule has 0 radical (unpaired) electrons. The summed E-state index contributed by atoms with van der Waals surface area (Å²) in [5.41, 5.74) is -0.181. The number of halogens is 1. The number of carbonyl (C=O) groups excluding carboxylic acids is 1. The first-order valence-electron chi connectivity index (χ1n) is 10.1. The monoisotopic (exact) mass is 464 g/mol. The molecule has 0 saturated heterocycles. The number of urea groups is 1. The number of benzene rings is 1. The van der Waals surface area contributed by atoms with Crippen molar-refractivity contribution in [3.63, 3.8) is 0 Å². The number of nitrogens with zero attached hydrogens (tertiary/aromatic N) is 2. The number of nitriles is 1. The predicted molar refractivity (Wildman–Crippen MR) is 120 cm³/mol. The van der Waals surface area contributed by atoms with Gasteiger partial charge in [-0.15, -0.1) is 4.36 Å². The van der Waals surface area contributed by atoms with Crippen LogP contribution in [0.4, 0.5) is 14.9 Å². The normalized spacial score (nSPS) is 13.7. The van der Waals surface area contributed by atoms with Gasteiger partial charge in [0.15, 0.2) is 9.92 Å². The molecule has 0 aliphatic rings. The fourth-order valence-corrected chi connectivity index (χ4v) is 4.34. The minimum atomic E-state index is -3.79. The van der Waals surface area contributed by atoms with Crippen molar-refractivity contribution in [3.8, 4) is 6.07 Å². The van der Waals surface area contributed by atoms with E-state index in [1.54, 1.807) is 20.8 Å². The number of rotatable bonds is 5. The lowest BCUT2D eigenvalue weighted by Crippen LogP contribution is -2.20. The van der Waals surface area contributed by atoms with Gasteiger partial charge in [0.1, 0.15) is 17.6 Å². The van der Waals surface area contributed by atoms with Crippen LogP contribution in [0, 0.1) is 24.1 Å². The number of nitrogens with one attached hydrogen (secondary N) is 1. The van der Waals surface area contributed by atoms with E-state index in [1.807, 2.05) is 19.9 Å². The Morgan fingerprint density at radius 2 is 1.91 bits per heavy atom. The average Bonchev–Trinajstić information content (AvgIpc) is 3.04. The van der Waals surface area contributed by atoms with Crippen LogP contribution in [-0.4, -0.2) is 15.3 Å². The average molecular weight is 465 g/mol. The van der Waals surface area contributed by atoms with Gasteiger partial charge >= 0.3 is 6.03 Å². The van der Waals surface area contributed by atoms with Crippen molar-refractivity contribution < 1.29 is 22.9 Å². The van der Waals surface area contributed by atoms with Crippen molar-refractivity contribution >= 4 is 21.6 Å². The lowest BCUT2D eigenvalue weighted by molar-refractivity contribution is 0.0769. The Balaban J connectivity index is 2.58. The lowest BCUT2D eigenvalue weighted by Gasteiger charge is -2.21. The van der Waals surface area contributed by atoms with Crippen LogP contribution in [0.25, 0.3) is 0 Å². The molecule has 32 heavy (non-hydrogen) atoms. The summed E-state index contributed by atoms with van der Waals surface area (Å²) in [4.78, 5) is 12.7. The topological polar surface area (TPSA) is 142 Å². The highest BCUT2D eigenvalue weighted by atomic mass is 32.2. The maximum atomic E-state index is 14.9. The van der Waals surface area contributed by atoms with Crippen LogP contribution in [0.15, 0.2) is 26.0 Å². The van der Waals surface area contributed by atoms with Crippen molar-refractivity contribution in [2.75, 3.05) is 5.32 Å². The Labute approximate surface area is 187 Å². The Kier molecular flexibility index (Phi) is 7.19. The zero-order valence-corrected chi connectivity index (χ0v) is 20.1. The van der Waals surface area contributed by atoms with Crippen molar-refractivity contribution in [1.29, 1.82) is 5.26 Å². The fraction of sp³-hybridized carbons (Fsp3) is 0.455. The van der Waals surface area contributed by atoms with E-state index in [4.69, 9.17) is 9.56 Å². The minimum absolute atomic E-state index is 0.125. The van der Waals surface area contributed by atoms with Gasteiger partial charge in [-0.2, -0.15) is 5.26 Å². The molecule has 4 N–H and O–H groups in total. The van der Waals surface area contributed by atoms with E-state index in [1.165, 1.54) is 26.0 Å². The third kappa shape index (κ3) is 5.18. The summed E-state index contributed by atoms with van der Waals surface area (Å²) in [5.74, 6) is -0.952. The molecule has 1 aromatic heterocycles. The summed E-state index contributed by atoms with van der Waals surface area (Å²) < 4.78 is 36.8. The molecule has 10 heteroatoms. The van der Waals surface area contributed by atoms with Gasteiger partial charge in [0.25, 0.3) is 0 Å². The van der Waals surface area contributed by atoms with E-state index >= 15 is 0 Å². The van der Waals surface area contributed by atoms with E-state index < -0.39 is 27.4 Å². The van der Waals surface area contributed by atoms with Crippen molar-refractivity contribution in [2.24, 2.45) is 9.50 Å². The van der Waals surface area contributed by atoms with E-state index in [0.717, 1.165) is 0 Å². The number of aryl methyl sites for hydroxylation is 1. The van der Waals surface area contributed by atoms with Crippen molar-refractivity contribution in [3.05, 3.63) is 46.0 Å². The molecule has 174 valence electrons. The number of amides is 2. The zero-order valence-electron chi connectivity index (χ0n) is 19.2. The molecule has 1 aromatic carbocycles.